The van der Waals surface area contributed by atoms with Crippen molar-refractivity contribution in [2.24, 2.45) is 5.73 Å². The topological polar surface area (TPSA) is 105 Å². The van der Waals surface area contributed by atoms with Crippen LogP contribution in [0.25, 0.3) is 0 Å². The van der Waals surface area contributed by atoms with E-state index in [0.29, 0.717) is 25.2 Å². The molecule has 0 spiro atoms. The van der Waals surface area contributed by atoms with Crippen molar-refractivity contribution < 1.29 is 14.3 Å². The van der Waals surface area contributed by atoms with Gasteiger partial charge in [0.15, 0.2) is 0 Å². The Morgan fingerprint density at radius 2 is 1.73 bits per heavy atom. The van der Waals surface area contributed by atoms with Crippen LogP contribution < -0.4 is 26.4 Å². The van der Waals surface area contributed by atoms with Gasteiger partial charge >= 0.3 is 0 Å². The normalized spacial score (nSPS) is 11.6. The molecule has 7 nitrogen and oxygen atoms in total. The van der Waals surface area contributed by atoms with Gasteiger partial charge in [0.05, 0.1) is 13.7 Å². The van der Waals surface area contributed by atoms with Crippen molar-refractivity contribution in [2.75, 3.05) is 25.5 Å². The van der Waals surface area contributed by atoms with Gasteiger partial charge in [-0.15, -0.1) is 0 Å². The average molecular weight is 413 g/mol. The van der Waals surface area contributed by atoms with Gasteiger partial charge in [0.2, 0.25) is 11.8 Å². The zero-order chi connectivity index (χ0) is 21.8. The smallest absolute Gasteiger partial charge is 0.246 e. The molecule has 0 aliphatic heterocycles. The van der Waals surface area contributed by atoms with E-state index in [2.05, 4.69) is 16.0 Å². The number of unbranched alkanes of at least 4 members (excludes halogenated alkanes) is 1. The number of benzene rings is 2. The number of nitrogens with one attached hydrogen (secondary N) is 3. The molecule has 0 heterocycles. The number of carbonyl (C=O) groups excluding carboxylic acids is 2. The van der Waals surface area contributed by atoms with Crippen LogP contribution in [-0.2, 0) is 16.1 Å². The first kappa shape index (κ1) is 23.4. The minimum absolute atomic E-state index is 0.122. The van der Waals surface area contributed by atoms with E-state index in [1.165, 1.54) is 0 Å². The van der Waals surface area contributed by atoms with Crippen molar-refractivity contribution >= 4 is 17.5 Å². The highest BCUT2D eigenvalue weighted by Crippen LogP contribution is 2.12. The summed E-state index contributed by atoms with van der Waals surface area (Å²) in [6.45, 7) is 3.21. The van der Waals surface area contributed by atoms with E-state index in [1.54, 1.807) is 7.11 Å². The maximum atomic E-state index is 12.7. The lowest BCUT2D eigenvalue weighted by atomic mass is 10.1. The lowest BCUT2D eigenvalue weighted by molar-refractivity contribution is -0.126. The quantitative estimate of drug-likeness (QED) is 0.401. The number of rotatable bonds is 12. The fraction of sp³-hybridized carbons (Fsp3) is 0.391. The summed E-state index contributed by atoms with van der Waals surface area (Å²) in [6, 6.07) is 14.6. The summed E-state index contributed by atoms with van der Waals surface area (Å²) in [4.78, 5) is 25.1. The van der Waals surface area contributed by atoms with Crippen LogP contribution in [-0.4, -0.2) is 38.1 Å². The van der Waals surface area contributed by atoms with Gasteiger partial charge in [0, 0.05) is 12.2 Å². The van der Waals surface area contributed by atoms with E-state index in [-0.39, 0.29) is 18.4 Å². The lowest BCUT2D eigenvalue weighted by Crippen LogP contribution is -2.46. The fourth-order valence-corrected chi connectivity index (χ4v) is 2.94. The fourth-order valence-electron chi connectivity index (χ4n) is 2.94. The predicted molar refractivity (Wildman–Crippen MR) is 119 cm³/mol. The number of aryl methyl sites for hydroxylation is 1. The van der Waals surface area contributed by atoms with E-state index in [1.807, 2.05) is 55.5 Å². The first-order chi connectivity index (χ1) is 14.5. The van der Waals surface area contributed by atoms with E-state index in [0.717, 1.165) is 29.7 Å². The van der Waals surface area contributed by atoms with Gasteiger partial charge in [-0.3, -0.25) is 9.59 Å². The molecule has 2 aromatic carbocycles. The third-order valence-corrected chi connectivity index (χ3v) is 4.69. The highest BCUT2D eigenvalue weighted by atomic mass is 16.5. The first-order valence-corrected chi connectivity index (χ1v) is 10.2. The standard InChI is InChI=1S/C23H32N4O3/c1-17-6-10-19(11-7-17)26-23(29)21(5-3-4-14-24)27-22(28)16-25-15-18-8-12-20(30-2)13-9-18/h6-13,21,25H,3-5,14-16,24H2,1-2H3,(H,26,29)(H,27,28)/t21-/m0/s1. The Morgan fingerprint density at radius 3 is 2.37 bits per heavy atom. The van der Waals surface area contributed by atoms with Crippen LogP contribution in [0.4, 0.5) is 5.69 Å². The second kappa shape index (κ2) is 12.6. The first-order valence-electron chi connectivity index (χ1n) is 10.2. The number of nitrogens with two attached hydrogens (primary N) is 1. The monoisotopic (exact) mass is 412 g/mol. The molecule has 2 amide bonds. The van der Waals surface area contributed by atoms with Crippen molar-refractivity contribution in [2.45, 2.75) is 38.8 Å². The van der Waals surface area contributed by atoms with E-state index in [9.17, 15) is 9.59 Å². The molecular formula is C23H32N4O3. The van der Waals surface area contributed by atoms with Crippen molar-refractivity contribution in [1.82, 2.24) is 10.6 Å². The molecule has 7 heteroatoms. The Kier molecular flexibility index (Phi) is 9.83. The lowest BCUT2D eigenvalue weighted by Gasteiger charge is -2.19. The molecule has 0 fully saturated rings. The van der Waals surface area contributed by atoms with Crippen molar-refractivity contribution in [1.29, 1.82) is 0 Å². The van der Waals surface area contributed by atoms with Crippen molar-refractivity contribution in [3.05, 3.63) is 59.7 Å². The van der Waals surface area contributed by atoms with Gasteiger partial charge in [-0.25, -0.2) is 0 Å². The summed E-state index contributed by atoms with van der Waals surface area (Å²) >= 11 is 0. The number of methoxy groups -OCH3 is 1. The Balaban J connectivity index is 1.85. The summed E-state index contributed by atoms with van der Waals surface area (Å²) in [7, 11) is 1.62. The largest absolute Gasteiger partial charge is 0.497 e. The van der Waals surface area contributed by atoms with Crippen LogP contribution >= 0.6 is 0 Å². The van der Waals surface area contributed by atoms with E-state index >= 15 is 0 Å². The highest BCUT2D eigenvalue weighted by molar-refractivity contribution is 5.97. The second-order valence-electron chi connectivity index (χ2n) is 7.21. The molecule has 0 bridgehead atoms. The minimum atomic E-state index is -0.604. The molecule has 30 heavy (non-hydrogen) atoms. The van der Waals surface area contributed by atoms with Gasteiger partial charge in [-0.1, -0.05) is 29.8 Å². The second-order valence-corrected chi connectivity index (χ2v) is 7.21. The number of hydrogen-bond donors (Lipinski definition) is 4. The summed E-state index contributed by atoms with van der Waals surface area (Å²) < 4.78 is 5.14. The Bertz CT molecular complexity index is 791. The van der Waals surface area contributed by atoms with Gasteiger partial charge in [-0.05, 0) is 62.6 Å². The van der Waals surface area contributed by atoms with Crippen LogP contribution in [0.2, 0.25) is 0 Å². The Morgan fingerprint density at radius 1 is 1.03 bits per heavy atom. The summed E-state index contributed by atoms with van der Waals surface area (Å²) in [5, 5.41) is 8.82. The molecule has 0 saturated carbocycles. The summed E-state index contributed by atoms with van der Waals surface area (Å²) in [6.07, 6.45) is 2.11. The Hall–Kier alpha value is -2.90. The SMILES string of the molecule is COc1ccc(CNCC(=O)N[C@@H](CCCCN)C(=O)Nc2ccc(C)cc2)cc1. The Labute approximate surface area is 178 Å². The van der Waals surface area contributed by atoms with E-state index in [4.69, 9.17) is 10.5 Å². The van der Waals surface area contributed by atoms with Gasteiger partial charge in [-0.2, -0.15) is 0 Å². The molecule has 2 rings (SSSR count). The zero-order valence-electron chi connectivity index (χ0n) is 17.7. The molecule has 162 valence electrons. The third-order valence-electron chi connectivity index (χ3n) is 4.69. The molecule has 5 N–H and O–H groups in total. The number of carbonyl (C=O) groups is 2. The molecule has 2 aromatic rings. The number of hydrogen-bond acceptors (Lipinski definition) is 5. The molecular weight excluding hydrogens is 380 g/mol. The number of anilines is 1. The molecule has 0 aromatic heterocycles. The summed E-state index contributed by atoms with van der Waals surface area (Å²) in [5.41, 5.74) is 8.43. The maximum Gasteiger partial charge on any atom is 0.246 e. The van der Waals surface area contributed by atoms with Crippen molar-refractivity contribution in [3.8, 4) is 5.75 Å². The van der Waals surface area contributed by atoms with Crippen LogP contribution in [0, 0.1) is 6.92 Å². The number of ether oxygens (including phenoxy) is 1. The number of amides is 2. The van der Waals surface area contributed by atoms with Gasteiger partial charge < -0.3 is 26.4 Å². The highest BCUT2D eigenvalue weighted by Gasteiger charge is 2.20. The summed E-state index contributed by atoms with van der Waals surface area (Å²) in [5.74, 6) is 0.344. The molecule has 0 aliphatic rings. The van der Waals surface area contributed by atoms with Gasteiger partial charge in [0.25, 0.3) is 0 Å². The average Bonchev–Trinajstić information content (AvgIpc) is 2.75. The molecule has 0 saturated heterocycles. The third kappa shape index (κ3) is 8.23. The van der Waals surface area contributed by atoms with Crippen LogP contribution in [0.3, 0.4) is 0 Å². The van der Waals surface area contributed by atoms with Crippen molar-refractivity contribution in [3.63, 3.8) is 0 Å². The van der Waals surface area contributed by atoms with Crippen LogP contribution in [0.1, 0.15) is 30.4 Å². The van der Waals surface area contributed by atoms with E-state index < -0.39 is 6.04 Å². The molecule has 0 aliphatic carbocycles. The molecule has 0 unspecified atom stereocenters. The van der Waals surface area contributed by atoms with Crippen LogP contribution in [0.15, 0.2) is 48.5 Å². The molecule has 1 atom stereocenters. The van der Waals surface area contributed by atoms with Gasteiger partial charge in [0.1, 0.15) is 11.8 Å². The minimum Gasteiger partial charge on any atom is -0.497 e. The molecule has 0 radical (unpaired) electrons. The maximum absolute atomic E-state index is 12.7. The van der Waals surface area contributed by atoms with Crippen LogP contribution in [0.5, 0.6) is 5.75 Å². The zero-order valence-corrected chi connectivity index (χ0v) is 17.7. The predicted octanol–water partition coefficient (Wildman–Crippen LogP) is 2.35.